The van der Waals surface area contributed by atoms with Crippen LogP contribution in [-0.4, -0.2) is 10.2 Å². The molecule has 0 aliphatic heterocycles. The minimum Gasteiger partial charge on any atom is -0.508 e. The number of rotatable bonds is 4. The van der Waals surface area contributed by atoms with Crippen LogP contribution >= 0.6 is 0 Å². The van der Waals surface area contributed by atoms with E-state index in [2.05, 4.69) is 13.5 Å². The molecule has 14 heavy (non-hydrogen) atoms. The zero-order chi connectivity index (χ0) is 10.6. The molecule has 0 amide bonds. The predicted molar refractivity (Wildman–Crippen MR) is 57.1 cm³/mol. The Morgan fingerprint density at radius 2 is 2.21 bits per heavy atom. The highest BCUT2D eigenvalue weighted by Crippen LogP contribution is 2.20. The van der Waals surface area contributed by atoms with Crippen molar-refractivity contribution in [2.24, 2.45) is 5.92 Å². The average molecular weight is 192 g/mol. The van der Waals surface area contributed by atoms with Crippen LogP contribution in [0.4, 0.5) is 0 Å². The Balaban J connectivity index is 2.84. The average Bonchev–Trinajstić information content (AvgIpc) is 2.20. The Morgan fingerprint density at radius 1 is 1.50 bits per heavy atom. The third-order valence-corrected chi connectivity index (χ3v) is 2.27. The molecule has 0 fully saturated rings. The molecule has 0 saturated carbocycles. The summed E-state index contributed by atoms with van der Waals surface area (Å²) in [7, 11) is 0. The van der Waals surface area contributed by atoms with E-state index < -0.39 is 0 Å². The van der Waals surface area contributed by atoms with Crippen LogP contribution in [0.5, 0.6) is 5.75 Å². The van der Waals surface area contributed by atoms with Gasteiger partial charge in [-0.25, -0.2) is 0 Å². The van der Waals surface area contributed by atoms with Crippen LogP contribution in [0.15, 0.2) is 30.9 Å². The molecule has 1 rings (SSSR count). The van der Waals surface area contributed by atoms with Crippen molar-refractivity contribution in [3.05, 3.63) is 42.0 Å². The highest BCUT2D eigenvalue weighted by atomic mass is 16.3. The fraction of sp³-hybridized carbons (Fsp3) is 0.333. The second kappa shape index (κ2) is 4.82. The van der Waals surface area contributed by atoms with Crippen molar-refractivity contribution in [3.8, 4) is 5.75 Å². The Hall–Kier alpha value is -1.28. The SMILES string of the molecule is C=CC(C)Cc1ccc(O)c(CO)c1. The molecule has 0 spiro atoms. The lowest BCUT2D eigenvalue weighted by molar-refractivity contribution is 0.275. The molecule has 1 unspecified atom stereocenters. The largest absolute Gasteiger partial charge is 0.508 e. The van der Waals surface area contributed by atoms with E-state index in [1.807, 2.05) is 18.2 Å². The Labute approximate surface area is 84.5 Å². The van der Waals surface area contributed by atoms with Gasteiger partial charge >= 0.3 is 0 Å². The molecule has 1 aromatic carbocycles. The zero-order valence-electron chi connectivity index (χ0n) is 8.40. The molecular weight excluding hydrogens is 176 g/mol. The van der Waals surface area contributed by atoms with Crippen LogP contribution in [0.1, 0.15) is 18.1 Å². The van der Waals surface area contributed by atoms with E-state index in [-0.39, 0.29) is 12.4 Å². The zero-order valence-corrected chi connectivity index (χ0v) is 8.40. The standard InChI is InChI=1S/C12H16O2/c1-3-9(2)6-10-4-5-12(14)11(7-10)8-13/h3-5,7,9,13-14H,1,6,8H2,2H3. The van der Waals surface area contributed by atoms with E-state index in [9.17, 15) is 5.11 Å². The van der Waals surface area contributed by atoms with Gasteiger partial charge in [0.15, 0.2) is 0 Å². The number of aliphatic hydroxyl groups excluding tert-OH is 1. The van der Waals surface area contributed by atoms with Gasteiger partial charge in [-0.15, -0.1) is 6.58 Å². The number of aliphatic hydroxyl groups is 1. The van der Waals surface area contributed by atoms with Gasteiger partial charge in [-0.05, 0) is 30.0 Å². The number of benzene rings is 1. The molecule has 0 radical (unpaired) electrons. The number of hydrogen-bond acceptors (Lipinski definition) is 2. The molecular formula is C12H16O2. The van der Waals surface area contributed by atoms with Crippen molar-refractivity contribution < 1.29 is 10.2 Å². The first kappa shape index (κ1) is 10.8. The molecule has 1 aromatic rings. The smallest absolute Gasteiger partial charge is 0.121 e. The van der Waals surface area contributed by atoms with E-state index in [1.54, 1.807) is 6.07 Å². The summed E-state index contributed by atoms with van der Waals surface area (Å²) in [6.07, 6.45) is 2.78. The van der Waals surface area contributed by atoms with Crippen molar-refractivity contribution in [1.29, 1.82) is 0 Å². The van der Waals surface area contributed by atoms with E-state index in [0.29, 0.717) is 11.5 Å². The maximum Gasteiger partial charge on any atom is 0.121 e. The van der Waals surface area contributed by atoms with Crippen LogP contribution in [0.2, 0.25) is 0 Å². The van der Waals surface area contributed by atoms with E-state index in [4.69, 9.17) is 5.11 Å². The van der Waals surface area contributed by atoms with Crippen LogP contribution in [0, 0.1) is 5.92 Å². The second-order valence-electron chi connectivity index (χ2n) is 3.54. The predicted octanol–water partition coefficient (Wildman–Crippen LogP) is 2.25. The van der Waals surface area contributed by atoms with Crippen molar-refractivity contribution in [2.45, 2.75) is 20.0 Å². The first-order valence-electron chi connectivity index (χ1n) is 4.71. The van der Waals surface area contributed by atoms with E-state index >= 15 is 0 Å². The fourth-order valence-electron chi connectivity index (χ4n) is 1.35. The Bertz CT molecular complexity index is 318. The lowest BCUT2D eigenvalue weighted by atomic mass is 9.99. The third-order valence-electron chi connectivity index (χ3n) is 2.27. The summed E-state index contributed by atoms with van der Waals surface area (Å²) in [6, 6.07) is 5.32. The molecule has 1 atom stereocenters. The summed E-state index contributed by atoms with van der Waals surface area (Å²) in [5.74, 6) is 0.564. The van der Waals surface area contributed by atoms with Gasteiger partial charge in [0.25, 0.3) is 0 Å². The van der Waals surface area contributed by atoms with Gasteiger partial charge in [0, 0.05) is 5.56 Å². The van der Waals surface area contributed by atoms with Crippen LogP contribution in [-0.2, 0) is 13.0 Å². The summed E-state index contributed by atoms with van der Waals surface area (Å²) in [5.41, 5.74) is 1.69. The topological polar surface area (TPSA) is 40.5 Å². The van der Waals surface area contributed by atoms with Crippen molar-refractivity contribution in [2.75, 3.05) is 0 Å². The molecule has 0 bridgehead atoms. The number of phenols is 1. The van der Waals surface area contributed by atoms with Gasteiger partial charge in [-0.2, -0.15) is 0 Å². The summed E-state index contributed by atoms with van der Waals surface area (Å²) in [6.45, 7) is 5.68. The van der Waals surface area contributed by atoms with Gasteiger partial charge in [0.05, 0.1) is 6.61 Å². The highest BCUT2D eigenvalue weighted by molar-refractivity contribution is 5.35. The van der Waals surface area contributed by atoms with E-state index in [1.165, 1.54) is 0 Å². The normalized spacial score (nSPS) is 12.4. The molecule has 0 saturated heterocycles. The summed E-state index contributed by atoms with van der Waals surface area (Å²) in [4.78, 5) is 0. The minimum absolute atomic E-state index is 0.123. The first-order chi connectivity index (χ1) is 6.67. The summed E-state index contributed by atoms with van der Waals surface area (Å²) in [5, 5.41) is 18.3. The maximum atomic E-state index is 9.35. The molecule has 2 N–H and O–H groups in total. The molecule has 76 valence electrons. The van der Waals surface area contributed by atoms with Crippen molar-refractivity contribution in [1.82, 2.24) is 0 Å². The molecule has 0 aliphatic carbocycles. The molecule has 0 heterocycles. The maximum absolute atomic E-state index is 9.35. The van der Waals surface area contributed by atoms with Gasteiger partial charge in [-0.1, -0.05) is 19.1 Å². The number of allylic oxidation sites excluding steroid dienone is 1. The summed E-state index contributed by atoms with van der Waals surface area (Å²) < 4.78 is 0. The lowest BCUT2D eigenvalue weighted by Crippen LogP contribution is -1.96. The molecule has 2 nitrogen and oxygen atoms in total. The van der Waals surface area contributed by atoms with Crippen molar-refractivity contribution in [3.63, 3.8) is 0 Å². The second-order valence-corrected chi connectivity index (χ2v) is 3.54. The van der Waals surface area contributed by atoms with Gasteiger partial charge in [0.1, 0.15) is 5.75 Å². The summed E-state index contributed by atoms with van der Waals surface area (Å²) >= 11 is 0. The number of hydrogen-bond donors (Lipinski definition) is 2. The molecule has 2 heteroatoms. The fourth-order valence-corrected chi connectivity index (χ4v) is 1.35. The monoisotopic (exact) mass is 192 g/mol. The molecule has 0 aliphatic rings. The molecule has 0 aromatic heterocycles. The van der Waals surface area contributed by atoms with Crippen LogP contribution in [0.3, 0.4) is 0 Å². The van der Waals surface area contributed by atoms with Crippen LogP contribution < -0.4 is 0 Å². The van der Waals surface area contributed by atoms with Crippen LogP contribution in [0.25, 0.3) is 0 Å². The Kier molecular flexibility index (Phi) is 3.72. The highest BCUT2D eigenvalue weighted by Gasteiger charge is 2.03. The minimum atomic E-state index is -0.123. The quantitative estimate of drug-likeness (QED) is 0.718. The van der Waals surface area contributed by atoms with Gasteiger partial charge < -0.3 is 10.2 Å². The third kappa shape index (κ3) is 2.60. The van der Waals surface area contributed by atoms with E-state index in [0.717, 1.165) is 12.0 Å². The van der Waals surface area contributed by atoms with Crippen molar-refractivity contribution >= 4 is 0 Å². The van der Waals surface area contributed by atoms with Gasteiger partial charge in [0.2, 0.25) is 0 Å². The van der Waals surface area contributed by atoms with Gasteiger partial charge in [-0.3, -0.25) is 0 Å². The number of aromatic hydroxyl groups is 1. The Morgan fingerprint density at radius 3 is 2.79 bits per heavy atom. The first-order valence-corrected chi connectivity index (χ1v) is 4.71. The lowest BCUT2D eigenvalue weighted by Gasteiger charge is -2.08.